The Kier molecular flexibility index (Phi) is 4.01. The summed E-state index contributed by atoms with van der Waals surface area (Å²) in [4.78, 5) is 17.1. The van der Waals surface area contributed by atoms with Crippen LogP contribution in [0.4, 0.5) is 4.79 Å². The van der Waals surface area contributed by atoms with Gasteiger partial charge in [-0.2, -0.15) is 0 Å². The molecule has 0 saturated carbocycles. The predicted molar refractivity (Wildman–Crippen MR) is 56.2 cm³/mol. The Balaban J connectivity index is 2.87. The molecule has 1 aliphatic heterocycles. The highest BCUT2D eigenvalue weighted by Gasteiger charge is 2.37. The van der Waals surface area contributed by atoms with Crippen molar-refractivity contribution in [2.45, 2.75) is 19.1 Å². The normalized spacial score (nSPS) is 24.1. The molecule has 0 aliphatic carbocycles. The number of amides is 2. The number of nitrogens with two attached hydrogens (primary N) is 2. The second-order valence-corrected chi connectivity index (χ2v) is 3.18. The highest BCUT2D eigenvalue weighted by molar-refractivity contribution is 6.07. The highest BCUT2D eigenvalue weighted by Crippen LogP contribution is 2.08. The molecule has 86 valence electrons. The van der Waals surface area contributed by atoms with Crippen LogP contribution in [0.2, 0.25) is 0 Å². The summed E-state index contributed by atoms with van der Waals surface area (Å²) in [6, 6.07) is -0.661. The fourth-order valence-corrected chi connectivity index (χ4v) is 1.44. The van der Waals surface area contributed by atoms with E-state index in [2.05, 4.69) is 10.3 Å². The smallest absolute Gasteiger partial charge is 0.323 e. The topological polar surface area (TPSA) is 106 Å². The van der Waals surface area contributed by atoms with Crippen molar-refractivity contribution < 1.29 is 9.53 Å². The van der Waals surface area contributed by atoms with E-state index in [1.807, 2.05) is 6.92 Å². The lowest BCUT2D eigenvalue weighted by molar-refractivity contribution is 0.207. The summed E-state index contributed by atoms with van der Waals surface area (Å²) >= 11 is 0. The highest BCUT2D eigenvalue weighted by atomic mass is 16.5. The molecular formula is C8H17N5O2. The number of hydrogen-bond donors (Lipinski definition) is 3. The lowest BCUT2D eigenvalue weighted by atomic mass is 10.2. The third kappa shape index (κ3) is 2.44. The summed E-state index contributed by atoms with van der Waals surface area (Å²) in [5.74, 6) is 0.541. The van der Waals surface area contributed by atoms with E-state index in [9.17, 15) is 4.79 Å². The van der Waals surface area contributed by atoms with Crippen molar-refractivity contribution in [2.24, 2.45) is 16.5 Å². The predicted octanol–water partition coefficient (Wildman–Crippen LogP) is -1.35. The average molecular weight is 215 g/mol. The van der Waals surface area contributed by atoms with Gasteiger partial charge < -0.3 is 21.5 Å². The van der Waals surface area contributed by atoms with Gasteiger partial charge in [0.2, 0.25) is 0 Å². The Morgan fingerprint density at radius 3 is 2.80 bits per heavy atom. The van der Waals surface area contributed by atoms with Crippen LogP contribution in [0.15, 0.2) is 4.99 Å². The molecule has 1 rings (SSSR count). The lowest BCUT2D eigenvalue weighted by Crippen LogP contribution is -2.52. The number of amidine groups is 1. The van der Waals surface area contributed by atoms with Crippen LogP contribution in [0.25, 0.3) is 0 Å². The lowest BCUT2D eigenvalue weighted by Gasteiger charge is -2.17. The van der Waals surface area contributed by atoms with Gasteiger partial charge in [-0.1, -0.05) is 0 Å². The number of methoxy groups -OCH3 is 1. The Bertz CT molecular complexity index is 266. The molecule has 0 aromatic heterocycles. The number of urea groups is 1. The Hall–Kier alpha value is -1.18. The van der Waals surface area contributed by atoms with E-state index in [4.69, 9.17) is 16.2 Å². The van der Waals surface area contributed by atoms with Crippen LogP contribution in [-0.4, -0.2) is 49.4 Å². The summed E-state index contributed by atoms with van der Waals surface area (Å²) in [6.45, 7) is 2.56. The zero-order valence-electron chi connectivity index (χ0n) is 8.93. The molecule has 1 aliphatic rings. The number of ether oxygens (including phenoxy) is 1. The summed E-state index contributed by atoms with van der Waals surface area (Å²) in [5.41, 5.74) is 11.1. The molecule has 1 fully saturated rings. The standard InChI is InChI=1S/C8H17N5O2/c1-3-13-7(11-4-15-2)5(6(9)10)12-8(13)14/h5-6H,3-4,9-10H2,1-2H3,(H,12,14). The van der Waals surface area contributed by atoms with Crippen molar-refractivity contribution in [3.8, 4) is 0 Å². The van der Waals surface area contributed by atoms with E-state index in [-0.39, 0.29) is 12.8 Å². The van der Waals surface area contributed by atoms with Crippen molar-refractivity contribution in [1.82, 2.24) is 10.2 Å². The summed E-state index contributed by atoms with van der Waals surface area (Å²) in [6.07, 6.45) is -0.666. The molecule has 0 bridgehead atoms. The molecule has 5 N–H and O–H groups in total. The Morgan fingerprint density at radius 1 is 1.67 bits per heavy atom. The van der Waals surface area contributed by atoms with Crippen LogP contribution in [0.3, 0.4) is 0 Å². The summed E-state index contributed by atoms with van der Waals surface area (Å²) in [5, 5.41) is 2.66. The van der Waals surface area contributed by atoms with Gasteiger partial charge in [0.05, 0.1) is 6.17 Å². The minimum absolute atomic E-state index is 0.185. The number of likely N-dealkylation sites (N-methyl/N-ethyl adjacent to an activating group) is 1. The maximum Gasteiger partial charge on any atom is 0.323 e. The van der Waals surface area contributed by atoms with E-state index < -0.39 is 12.2 Å². The van der Waals surface area contributed by atoms with Crippen molar-refractivity contribution in [2.75, 3.05) is 20.4 Å². The number of carbonyl (C=O) groups is 1. The zero-order chi connectivity index (χ0) is 11.4. The molecule has 1 heterocycles. The Morgan fingerprint density at radius 2 is 2.33 bits per heavy atom. The second-order valence-electron chi connectivity index (χ2n) is 3.18. The largest absolute Gasteiger partial charge is 0.362 e. The zero-order valence-corrected chi connectivity index (χ0v) is 8.93. The van der Waals surface area contributed by atoms with Gasteiger partial charge in [0, 0.05) is 13.7 Å². The number of nitrogens with one attached hydrogen (secondary N) is 1. The first-order valence-electron chi connectivity index (χ1n) is 4.74. The quantitative estimate of drug-likeness (QED) is 0.504. The minimum atomic E-state index is -0.666. The Labute approximate surface area is 88.4 Å². The molecule has 0 aromatic rings. The summed E-state index contributed by atoms with van der Waals surface area (Å²) in [7, 11) is 1.53. The van der Waals surface area contributed by atoms with Crippen molar-refractivity contribution in [3.05, 3.63) is 0 Å². The number of hydrogen-bond acceptors (Lipinski definition) is 5. The van der Waals surface area contributed by atoms with Crippen LogP contribution < -0.4 is 16.8 Å². The van der Waals surface area contributed by atoms with Gasteiger partial charge in [-0.05, 0) is 6.92 Å². The number of nitrogens with zero attached hydrogens (tertiary/aromatic N) is 2. The van der Waals surface area contributed by atoms with Crippen LogP contribution in [0, 0.1) is 0 Å². The van der Waals surface area contributed by atoms with Gasteiger partial charge in [0.15, 0.2) is 0 Å². The fraction of sp³-hybridized carbons (Fsp3) is 0.750. The van der Waals surface area contributed by atoms with E-state index in [0.717, 1.165) is 0 Å². The fourth-order valence-electron chi connectivity index (χ4n) is 1.44. The maximum atomic E-state index is 11.5. The monoisotopic (exact) mass is 215 g/mol. The molecule has 1 atom stereocenters. The minimum Gasteiger partial charge on any atom is -0.362 e. The first kappa shape index (κ1) is 11.9. The molecule has 7 heteroatoms. The molecule has 0 spiro atoms. The van der Waals surface area contributed by atoms with E-state index in [1.165, 1.54) is 12.0 Å². The van der Waals surface area contributed by atoms with Crippen molar-refractivity contribution >= 4 is 11.9 Å². The first-order chi connectivity index (χ1) is 7.11. The molecule has 1 unspecified atom stereocenters. The molecule has 0 radical (unpaired) electrons. The summed E-state index contributed by atoms with van der Waals surface area (Å²) < 4.78 is 4.83. The SMILES string of the molecule is CCN1C(=O)NC(C(N)N)C1=NCOC. The third-order valence-corrected chi connectivity index (χ3v) is 2.14. The molecule has 1 saturated heterocycles. The van der Waals surface area contributed by atoms with E-state index >= 15 is 0 Å². The molecule has 0 aromatic carbocycles. The van der Waals surface area contributed by atoms with Gasteiger partial charge >= 0.3 is 6.03 Å². The number of aliphatic imine (C=N–C) groups is 1. The third-order valence-electron chi connectivity index (χ3n) is 2.14. The van der Waals surface area contributed by atoms with Gasteiger partial charge in [0.1, 0.15) is 18.6 Å². The maximum absolute atomic E-state index is 11.5. The molecule has 15 heavy (non-hydrogen) atoms. The molecule has 7 nitrogen and oxygen atoms in total. The molecular weight excluding hydrogens is 198 g/mol. The van der Waals surface area contributed by atoms with Crippen LogP contribution in [-0.2, 0) is 4.74 Å². The second kappa shape index (κ2) is 5.06. The van der Waals surface area contributed by atoms with E-state index in [1.54, 1.807) is 0 Å². The first-order valence-corrected chi connectivity index (χ1v) is 4.74. The van der Waals surface area contributed by atoms with Crippen molar-refractivity contribution in [3.63, 3.8) is 0 Å². The van der Waals surface area contributed by atoms with Gasteiger partial charge in [-0.25, -0.2) is 9.79 Å². The number of rotatable bonds is 4. The van der Waals surface area contributed by atoms with Gasteiger partial charge in [0.25, 0.3) is 0 Å². The van der Waals surface area contributed by atoms with Crippen LogP contribution >= 0.6 is 0 Å². The van der Waals surface area contributed by atoms with Crippen LogP contribution in [0.1, 0.15) is 6.92 Å². The molecule has 2 amide bonds. The van der Waals surface area contributed by atoms with Crippen LogP contribution in [0.5, 0.6) is 0 Å². The van der Waals surface area contributed by atoms with Crippen molar-refractivity contribution in [1.29, 1.82) is 0 Å². The number of carbonyl (C=O) groups excluding carboxylic acids is 1. The van der Waals surface area contributed by atoms with Gasteiger partial charge in [-0.15, -0.1) is 0 Å². The average Bonchev–Trinajstić information content (AvgIpc) is 2.51. The van der Waals surface area contributed by atoms with E-state index in [0.29, 0.717) is 12.4 Å². The van der Waals surface area contributed by atoms with Gasteiger partial charge in [-0.3, -0.25) is 4.90 Å².